The van der Waals surface area contributed by atoms with Crippen LogP contribution in [0.3, 0.4) is 0 Å². The molecule has 1 aliphatic carbocycles. The molecule has 1 aliphatic rings. The lowest BCUT2D eigenvalue weighted by atomic mass is 9.91. The van der Waals surface area contributed by atoms with E-state index in [1.54, 1.807) is 25.2 Å². The molecule has 1 saturated carbocycles. The molecule has 0 saturated heterocycles. The van der Waals surface area contributed by atoms with Crippen molar-refractivity contribution in [3.05, 3.63) is 29.8 Å². The van der Waals surface area contributed by atoms with Crippen LogP contribution in [0.25, 0.3) is 0 Å². The molecule has 6 nitrogen and oxygen atoms in total. The Morgan fingerprint density at radius 3 is 2.54 bits per heavy atom. The Morgan fingerprint density at radius 2 is 1.96 bits per heavy atom. The number of likely N-dealkylation sites (N-methyl/N-ethyl adjacent to an activating group) is 1. The molecule has 1 aromatic carbocycles. The number of amides is 1. The third-order valence-electron chi connectivity index (χ3n) is 4.55. The molecule has 0 radical (unpaired) electrons. The second-order valence-electron chi connectivity index (χ2n) is 6.53. The summed E-state index contributed by atoms with van der Waals surface area (Å²) in [7, 11) is -1.95. The number of carbonyl (C=O) groups excluding carboxylic acids is 1. The van der Waals surface area contributed by atoms with E-state index < -0.39 is 16.1 Å². The minimum atomic E-state index is -3.58. The van der Waals surface area contributed by atoms with E-state index in [9.17, 15) is 18.3 Å². The molecule has 1 N–H and O–H groups in total. The van der Waals surface area contributed by atoms with E-state index in [2.05, 4.69) is 0 Å². The van der Waals surface area contributed by atoms with Gasteiger partial charge in [0.25, 0.3) is 0 Å². The van der Waals surface area contributed by atoms with Gasteiger partial charge in [0.2, 0.25) is 15.9 Å². The highest BCUT2D eigenvalue weighted by atomic mass is 32.2. The van der Waals surface area contributed by atoms with Crippen LogP contribution in [-0.2, 0) is 14.8 Å². The van der Waals surface area contributed by atoms with Gasteiger partial charge in [0.05, 0.1) is 24.1 Å². The van der Waals surface area contributed by atoms with Gasteiger partial charge in [-0.1, -0.05) is 25.0 Å². The fourth-order valence-electron chi connectivity index (χ4n) is 3.15. The van der Waals surface area contributed by atoms with Crippen LogP contribution in [-0.4, -0.2) is 56.3 Å². The van der Waals surface area contributed by atoms with E-state index in [-0.39, 0.29) is 18.5 Å². The lowest BCUT2D eigenvalue weighted by molar-refractivity contribution is -0.133. The molecular weight excluding hydrogens is 328 g/mol. The van der Waals surface area contributed by atoms with Gasteiger partial charge in [-0.05, 0) is 37.5 Å². The van der Waals surface area contributed by atoms with Crippen molar-refractivity contribution < 1.29 is 18.3 Å². The Kier molecular flexibility index (Phi) is 5.87. The maximum atomic E-state index is 12.6. The van der Waals surface area contributed by atoms with Gasteiger partial charge in [-0.2, -0.15) is 0 Å². The number of hydrogen-bond donors (Lipinski definition) is 1. The van der Waals surface area contributed by atoms with Crippen molar-refractivity contribution in [2.24, 2.45) is 0 Å². The highest BCUT2D eigenvalue weighted by Crippen LogP contribution is 2.24. The molecule has 0 spiro atoms. The SMILES string of the molecule is Cc1cccc(N(CC(=O)N(C)C2CCCCC2O)S(C)(=O)=O)c1. The fourth-order valence-corrected chi connectivity index (χ4v) is 3.99. The second kappa shape index (κ2) is 7.53. The van der Waals surface area contributed by atoms with Crippen LogP contribution in [0.1, 0.15) is 31.2 Å². The van der Waals surface area contributed by atoms with E-state index in [0.29, 0.717) is 12.1 Å². The van der Waals surface area contributed by atoms with Crippen LogP contribution in [0.5, 0.6) is 0 Å². The van der Waals surface area contributed by atoms with Crippen molar-refractivity contribution in [3.8, 4) is 0 Å². The van der Waals surface area contributed by atoms with E-state index in [1.807, 2.05) is 13.0 Å². The first-order valence-electron chi connectivity index (χ1n) is 8.18. The van der Waals surface area contributed by atoms with Crippen molar-refractivity contribution in [3.63, 3.8) is 0 Å². The predicted molar refractivity (Wildman–Crippen MR) is 94.4 cm³/mol. The number of carbonyl (C=O) groups is 1. The maximum absolute atomic E-state index is 12.6. The van der Waals surface area contributed by atoms with Crippen LogP contribution in [0.15, 0.2) is 24.3 Å². The summed E-state index contributed by atoms with van der Waals surface area (Å²) in [6.45, 7) is 1.61. The highest BCUT2D eigenvalue weighted by Gasteiger charge is 2.31. The summed E-state index contributed by atoms with van der Waals surface area (Å²) in [6, 6.07) is 6.81. The van der Waals surface area contributed by atoms with E-state index in [4.69, 9.17) is 0 Å². The largest absolute Gasteiger partial charge is 0.391 e. The molecule has 134 valence electrons. The molecule has 0 bridgehead atoms. The van der Waals surface area contributed by atoms with Gasteiger partial charge in [-0.25, -0.2) is 8.42 Å². The van der Waals surface area contributed by atoms with Crippen LogP contribution in [0.4, 0.5) is 5.69 Å². The average molecular weight is 354 g/mol. The zero-order valence-electron chi connectivity index (χ0n) is 14.5. The van der Waals surface area contributed by atoms with Gasteiger partial charge in [-0.15, -0.1) is 0 Å². The molecule has 0 heterocycles. The van der Waals surface area contributed by atoms with Crippen molar-refractivity contribution >= 4 is 21.6 Å². The Labute approximate surface area is 144 Å². The van der Waals surface area contributed by atoms with Gasteiger partial charge in [0.1, 0.15) is 6.54 Å². The summed E-state index contributed by atoms with van der Waals surface area (Å²) < 4.78 is 25.4. The molecule has 2 rings (SSSR count). The fraction of sp³-hybridized carbons (Fsp3) is 0.588. The predicted octanol–water partition coefficient (Wildman–Crippen LogP) is 1.52. The third-order valence-corrected chi connectivity index (χ3v) is 5.69. The number of benzene rings is 1. The van der Waals surface area contributed by atoms with Gasteiger partial charge in [-0.3, -0.25) is 9.10 Å². The number of aliphatic hydroxyl groups excluding tert-OH is 1. The van der Waals surface area contributed by atoms with Crippen LogP contribution < -0.4 is 4.31 Å². The van der Waals surface area contributed by atoms with Crippen LogP contribution in [0, 0.1) is 6.92 Å². The Balaban J connectivity index is 2.19. The number of hydrogen-bond acceptors (Lipinski definition) is 4. The molecule has 1 aromatic rings. The zero-order chi connectivity index (χ0) is 17.9. The molecule has 1 fully saturated rings. The molecule has 24 heavy (non-hydrogen) atoms. The van der Waals surface area contributed by atoms with Crippen molar-refractivity contribution in [2.45, 2.75) is 44.8 Å². The van der Waals surface area contributed by atoms with Gasteiger partial charge in [0, 0.05) is 7.05 Å². The summed E-state index contributed by atoms with van der Waals surface area (Å²) in [5.74, 6) is -0.312. The molecule has 7 heteroatoms. The zero-order valence-corrected chi connectivity index (χ0v) is 15.3. The lowest BCUT2D eigenvalue weighted by Gasteiger charge is -2.36. The second-order valence-corrected chi connectivity index (χ2v) is 8.44. The number of nitrogens with zero attached hydrogens (tertiary/aromatic N) is 2. The Bertz CT molecular complexity index is 690. The number of aliphatic hydroxyl groups is 1. The molecule has 2 unspecified atom stereocenters. The van der Waals surface area contributed by atoms with Crippen molar-refractivity contribution in [1.82, 2.24) is 4.90 Å². The summed E-state index contributed by atoms with van der Waals surface area (Å²) in [6.07, 6.45) is 3.89. The van der Waals surface area contributed by atoms with Crippen LogP contribution in [0.2, 0.25) is 0 Å². The van der Waals surface area contributed by atoms with Gasteiger partial charge in [0.15, 0.2) is 0 Å². The molecular formula is C17H26N2O4S. The summed E-state index contributed by atoms with van der Waals surface area (Å²) in [4.78, 5) is 14.1. The Hall–Kier alpha value is -1.60. The highest BCUT2D eigenvalue weighted by molar-refractivity contribution is 7.92. The summed E-state index contributed by atoms with van der Waals surface area (Å²) >= 11 is 0. The average Bonchev–Trinajstić information content (AvgIpc) is 2.51. The monoisotopic (exact) mass is 354 g/mol. The van der Waals surface area contributed by atoms with E-state index in [1.165, 1.54) is 4.90 Å². The van der Waals surface area contributed by atoms with Gasteiger partial charge < -0.3 is 10.0 Å². The number of sulfonamides is 1. The van der Waals surface area contributed by atoms with Gasteiger partial charge >= 0.3 is 0 Å². The van der Waals surface area contributed by atoms with Crippen LogP contribution >= 0.6 is 0 Å². The first-order chi connectivity index (χ1) is 11.2. The minimum Gasteiger partial charge on any atom is -0.391 e. The lowest BCUT2D eigenvalue weighted by Crippen LogP contribution is -2.50. The quantitative estimate of drug-likeness (QED) is 0.870. The Morgan fingerprint density at radius 1 is 1.29 bits per heavy atom. The number of rotatable bonds is 5. The normalized spacial score (nSPS) is 21.3. The standard InChI is InChI=1S/C17H26N2O4S/c1-13-7-6-8-14(11-13)19(24(3,22)23)12-17(21)18(2)15-9-4-5-10-16(15)20/h6-8,11,15-16,20H,4-5,9-10,12H2,1-3H3. The third kappa shape index (κ3) is 4.48. The minimum absolute atomic E-state index is 0.245. The molecule has 2 atom stereocenters. The topological polar surface area (TPSA) is 77.9 Å². The molecule has 0 aliphatic heterocycles. The summed E-state index contributed by atoms with van der Waals surface area (Å²) in [5.41, 5.74) is 1.40. The first-order valence-corrected chi connectivity index (χ1v) is 10.0. The van der Waals surface area contributed by atoms with E-state index >= 15 is 0 Å². The maximum Gasteiger partial charge on any atom is 0.243 e. The first kappa shape index (κ1) is 18.7. The van der Waals surface area contributed by atoms with Crippen molar-refractivity contribution in [1.29, 1.82) is 0 Å². The number of anilines is 1. The molecule has 1 amide bonds. The summed E-state index contributed by atoms with van der Waals surface area (Å²) in [5, 5.41) is 10.1. The molecule has 0 aromatic heterocycles. The van der Waals surface area contributed by atoms with Crippen molar-refractivity contribution in [2.75, 3.05) is 24.2 Å². The number of aryl methyl sites for hydroxylation is 1. The van der Waals surface area contributed by atoms with E-state index in [0.717, 1.165) is 35.4 Å². The smallest absolute Gasteiger partial charge is 0.243 e.